The standard InChI is InChI=1S/C14H11F5N2O2S/c15-12-5-20-11(23)13(12,16)7-21(6-12)10(22)8-1-3-9(4-2-8)24-14(17,18)19/h1-4H,5-7H2,(H,20,23)/t12-,13-/m0/s1. The summed E-state index contributed by atoms with van der Waals surface area (Å²) >= 11 is -0.332. The zero-order valence-corrected chi connectivity index (χ0v) is 12.8. The number of alkyl halides is 5. The molecule has 0 spiro atoms. The molecule has 2 atom stereocenters. The molecule has 0 aliphatic carbocycles. The lowest BCUT2D eigenvalue weighted by molar-refractivity contribution is -0.132. The molecule has 2 amide bonds. The first-order chi connectivity index (χ1) is 11.0. The molecule has 130 valence electrons. The third kappa shape index (κ3) is 2.72. The highest BCUT2D eigenvalue weighted by atomic mass is 32.2. The fraction of sp³-hybridized carbons (Fsp3) is 0.429. The first-order valence-corrected chi connectivity index (χ1v) is 7.67. The quantitative estimate of drug-likeness (QED) is 0.646. The fourth-order valence-corrected chi connectivity index (χ4v) is 3.38. The number of halogens is 5. The summed E-state index contributed by atoms with van der Waals surface area (Å²) < 4.78 is 65.9. The van der Waals surface area contributed by atoms with E-state index < -0.39 is 48.3 Å². The van der Waals surface area contributed by atoms with Crippen molar-refractivity contribution in [1.82, 2.24) is 10.2 Å². The molecule has 0 aromatic heterocycles. The molecule has 2 saturated heterocycles. The van der Waals surface area contributed by atoms with Gasteiger partial charge >= 0.3 is 5.51 Å². The lowest BCUT2D eigenvalue weighted by atomic mass is 9.93. The van der Waals surface area contributed by atoms with Crippen LogP contribution in [0.25, 0.3) is 0 Å². The Kier molecular flexibility index (Phi) is 3.78. The van der Waals surface area contributed by atoms with Crippen molar-refractivity contribution in [3.8, 4) is 0 Å². The van der Waals surface area contributed by atoms with Crippen LogP contribution in [0, 0.1) is 0 Å². The minimum Gasteiger partial charge on any atom is -0.350 e. The summed E-state index contributed by atoms with van der Waals surface area (Å²) in [6, 6.07) is 4.51. The largest absolute Gasteiger partial charge is 0.446 e. The molecule has 4 nitrogen and oxygen atoms in total. The maximum absolute atomic E-state index is 14.5. The molecule has 2 fully saturated rings. The number of hydrogen-bond donors (Lipinski definition) is 1. The maximum Gasteiger partial charge on any atom is 0.446 e. The molecule has 2 aliphatic rings. The Morgan fingerprint density at radius 3 is 2.33 bits per heavy atom. The number of likely N-dealkylation sites (tertiary alicyclic amines) is 1. The molecule has 1 aromatic carbocycles. The molecule has 2 heterocycles. The predicted molar refractivity (Wildman–Crippen MR) is 74.9 cm³/mol. The molecule has 0 bridgehead atoms. The number of hydrogen-bond acceptors (Lipinski definition) is 3. The van der Waals surface area contributed by atoms with E-state index in [1.165, 1.54) is 0 Å². The third-order valence-electron chi connectivity index (χ3n) is 4.07. The second kappa shape index (κ2) is 5.33. The van der Waals surface area contributed by atoms with E-state index in [0.717, 1.165) is 29.2 Å². The summed E-state index contributed by atoms with van der Waals surface area (Å²) in [5.74, 6) is -1.84. The Bertz CT molecular complexity index is 695. The van der Waals surface area contributed by atoms with Crippen molar-refractivity contribution in [3.05, 3.63) is 29.8 Å². The van der Waals surface area contributed by atoms with Crippen LogP contribution in [0.5, 0.6) is 0 Å². The second-order valence-corrected chi connectivity index (χ2v) is 6.82. The molecule has 0 saturated carbocycles. The molecule has 10 heteroatoms. The van der Waals surface area contributed by atoms with Gasteiger partial charge in [-0.1, -0.05) is 0 Å². The van der Waals surface area contributed by atoms with Crippen LogP contribution in [-0.2, 0) is 4.79 Å². The van der Waals surface area contributed by atoms with Crippen molar-refractivity contribution in [2.75, 3.05) is 19.6 Å². The maximum atomic E-state index is 14.5. The fourth-order valence-electron chi connectivity index (χ4n) is 2.85. The van der Waals surface area contributed by atoms with E-state index in [4.69, 9.17) is 0 Å². The molecular weight excluding hydrogens is 355 g/mol. The van der Waals surface area contributed by atoms with Gasteiger partial charge in [-0.3, -0.25) is 9.59 Å². The van der Waals surface area contributed by atoms with Gasteiger partial charge in [0.25, 0.3) is 11.8 Å². The molecule has 1 N–H and O–H groups in total. The smallest absolute Gasteiger partial charge is 0.350 e. The van der Waals surface area contributed by atoms with Crippen LogP contribution in [0.1, 0.15) is 10.4 Å². The summed E-state index contributed by atoms with van der Waals surface area (Å²) in [5, 5.41) is 2.09. The normalized spacial score (nSPS) is 29.5. The highest BCUT2D eigenvalue weighted by Crippen LogP contribution is 2.42. The van der Waals surface area contributed by atoms with E-state index >= 15 is 0 Å². The lowest BCUT2D eigenvalue weighted by Gasteiger charge is -2.19. The number of nitrogens with zero attached hydrogens (tertiary/aromatic N) is 1. The first-order valence-electron chi connectivity index (χ1n) is 6.85. The summed E-state index contributed by atoms with van der Waals surface area (Å²) in [6.07, 6.45) is 0. The Balaban J connectivity index is 1.75. The van der Waals surface area contributed by atoms with Crippen LogP contribution in [0.4, 0.5) is 22.0 Å². The van der Waals surface area contributed by atoms with Crippen LogP contribution < -0.4 is 5.32 Å². The lowest BCUT2D eigenvalue weighted by Crippen LogP contribution is -2.47. The molecular formula is C14H11F5N2O2S. The van der Waals surface area contributed by atoms with E-state index in [0.29, 0.717) is 0 Å². The van der Waals surface area contributed by atoms with Gasteiger partial charge in [-0.05, 0) is 36.0 Å². The van der Waals surface area contributed by atoms with Gasteiger partial charge in [0.2, 0.25) is 5.67 Å². The van der Waals surface area contributed by atoms with Gasteiger partial charge in [-0.15, -0.1) is 0 Å². The van der Waals surface area contributed by atoms with E-state index in [9.17, 15) is 31.5 Å². The number of amides is 2. The van der Waals surface area contributed by atoms with E-state index in [1.54, 1.807) is 0 Å². The Morgan fingerprint density at radius 2 is 1.79 bits per heavy atom. The second-order valence-electron chi connectivity index (χ2n) is 5.68. The summed E-state index contributed by atoms with van der Waals surface area (Å²) in [5.41, 5.74) is -9.75. The molecule has 0 unspecified atom stereocenters. The first kappa shape index (κ1) is 17.0. The Morgan fingerprint density at radius 1 is 1.17 bits per heavy atom. The number of fused-ring (bicyclic) bond motifs is 1. The Labute approximate surface area is 137 Å². The van der Waals surface area contributed by atoms with Gasteiger partial charge in [0.15, 0.2) is 5.67 Å². The monoisotopic (exact) mass is 366 g/mol. The van der Waals surface area contributed by atoms with Gasteiger partial charge in [-0.2, -0.15) is 13.2 Å². The third-order valence-corrected chi connectivity index (χ3v) is 4.81. The number of nitrogens with one attached hydrogen (secondary N) is 1. The van der Waals surface area contributed by atoms with Crippen LogP contribution in [0.15, 0.2) is 29.2 Å². The van der Waals surface area contributed by atoms with E-state index in [-0.39, 0.29) is 22.2 Å². The van der Waals surface area contributed by atoms with Crippen molar-refractivity contribution in [2.45, 2.75) is 21.7 Å². The van der Waals surface area contributed by atoms with Crippen LogP contribution in [-0.4, -0.2) is 53.2 Å². The summed E-state index contributed by atoms with van der Waals surface area (Å²) in [7, 11) is 0. The topological polar surface area (TPSA) is 49.4 Å². The summed E-state index contributed by atoms with van der Waals surface area (Å²) in [4.78, 5) is 24.5. The van der Waals surface area contributed by atoms with Crippen LogP contribution in [0.3, 0.4) is 0 Å². The summed E-state index contributed by atoms with van der Waals surface area (Å²) in [6.45, 7) is -1.85. The van der Waals surface area contributed by atoms with Gasteiger partial charge in [0.05, 0.1) is 19.6 Å². The number of carbonyl (C=O) groups is 2. The van der Waals surface area contributed by atoms with Crippen LogP contribution in [0.2, 0.25) is 0 Å². The van der Waals surface area contributed by atoms with E-state index in [2.05, 4.69) is 5.32 Å². The number of carbonyl (C=O) groups excluding carboxylic acids is 2. The van der Waals surface area contributed by atoms with Gasteiger partial charge < -0.3 is 10.2 Å². The van der Waals surface area contributed by atoms with Crippen molar-refractivity contribution in [2.24, 2.45) is 0 Å². The Hall–Kier alpha value is -1.84. The SMILES string of the molecule is O=C(c1ccc(SC(F)(F)F)cc1)N1C[C@@]2(F)CNC(=O)[C@@]2(F)C1. The van der Waals surface area contributed by atoms with E-state index in [1.807, 2.05) is 0 Å². The number of thioether (sulfide) groups is 1. The minimum atomic E-state index is -4.45. The predicted octanol–water partition coefficient (Wildman–Crippen LogP) is 2.30. The van der Waals surface area contributed by atoms with Crippen molar-refractivity contribution >= 4 is 23.6 Å². The van der Waals surface area contributed by atoms with Crippen molar-refractivity contribution < 1.29 is 31.5 Å². The molecule has 3 rings (SSSR count). The molecule has 0 radical (unpaired) electrons. The van der Waals surface area contributed by atoms with Gasteiger partial charge in [-0.25, -0.2) is 8.78 Å². The molecule has 1 aromatic rings. The average Bonchev–Trinajstić information content (AvgIpc) is 2.87. The average molecular weight is 366 g/mol. The molecule has 24 heavy (non-hydrogen) atoms. The molecule has 2 aliphatic heterocycles. The van der Waals surface area contributed by atoms with Crippen molar-refractivity contribution in [1.29, 1.82) is 0 Å². The highest BCUT2D eigenvalue weighted by Gasteiger charge is 2.69. The van der Waals surface area contributed by atoms with Crippen molar-refractivity contribution in [3.63, 3.8) is 0 Å². The minimum absolute atomic E-state index is 0.00546. The number of benzene rings is 1. The number of rotatable bonds is 2. The van der Waals surface area contributed by atoms with Crippen LogP contribution >= 0.6 is 11.8 Å². The van der Waals surface area contributed by atoms with Gasteiger partial charge in [0.1, 0.15) is 0 Å². The zero-order chi connectivity index (χ0) is 17.8. The van der Waals surface area contributed by atoms with Gasteiger partial charge in [0, 0.05) is 10.5 Å². The zero-order valence-electron chi connectivity index (χ0n) is 12.0. The highest BCUT2D eigenvalue weighted by molar-refractivity contribution is 8.00.